The first-order valence-corrected chi connectivity index (χ1v) is 7.70. The van der Waals surface area contributed by atoms with Crippen LogP contribution >= 0.6 is 0 Å². The fourth-order valence-corrected chi connectivity index (χ4v) is 4.15. The second-order valence-corrected chi connectivity index (χ2v) is 7.71. The topological polar surface area (TPSA) is 66.1 Å². The van der Waals surface area contributed by atoms with E-state index >= 15 is 0 Å². The third kappa shape index (κ3) is 2.31. The molecule has 0 radical (unpaired) electrons. The monoisotopic (exact) mass is 271 g/mol. The Bertz CT molecular complexity index is 516. The van der Waals surface area contributed by atoms with E-state index < -0.39 is 10.0 Å². The number of aromatic amines is 1. The number of nitrogens with zero attached hydrogens (tertiary/aromatic N) is 2. The third-order valence-corrected chi connectivity index (χ3v) is 5.90. The zero-order chi connectivity index (χ0) is 13.6. The molecule has 1 N–H and O–H groups in total. The number of piperidine rings is 1. The molecular formula is C12H21N3O2S. The van der Waals surface area contributed by atoms with Gasteiger partial charge in [-0.2, -0.15) is 9.40 Å². The van der Waals surface area contributed by atoms with Gasteiger partial charge in [0.05, 0.1) is 11.4 Å². The van der Waals surface area contributed by atoms with Gasteiger partial charge in [0.15, 0.2) is 0 Å². The molecule has 2 heterocycles. The number of H-pyrrole nitrogens is 1. The summed E-state index contributed by atoms with van der Waals surface area (Å²) in [5.41, 5.74) is 1.42. The van der Waals surface area contributed by atoms with E-state index in [1.54, 1.807) is 18.2 Å². The lowest BCUT2D eigenvalue weighted by Crippen LogP contribution is -2.41. The van der Waals surface area contributed by atoms with E-state index in [-0.39, 0.29) is 5.41 Å². The largest absolute Gasteiger partial charge is 0.281 e. The van der Waals surface area contributed by atoms with E-state index in [0.29, 0.717) is 29.4 Å². The van der Waals surface area contributed by atoms with Gasteiger partial charge in [0.1, 0.15) is 4.90 Å². The predicted octanol–water partition coefficient (Wildman–Crippen LogP) is 1.84. The van der Waals surface area contributed by atoms with Crippen LogP contribution in [0.2, 0.25) is 0 Å². The highest BCUT2D eigenvalue weighted by Gasteiger charge is 2.35. The van der Waals surface area contributed by atoms with Crippen LogP contribution in [-0.2, 0) is 10.0 Å². The molecule has 0 unspecified atom stereocenters. The Morgan fingerprint density at radius 2 is 1.78 bits per heavy atom. The fourth-order valence-electron chi connectivity index (χ4n) is 2.38. The SMILES string of the molecule is Cc1n[nH]c(C)c1S(=O)(=O)N1CCC(C)(C)CC1. The minimum Gasteiger partial charge on any atom is -0.281 e. The van der Waals surface area contributed by atoms with E-state index in [1.165, 1.54) is 0 Å². The molecule has 1 aliphatic heterocycles. The molecule has 0 aromatic carbocycles. The lowest BCUT2D eigenvalue weighted by Gasteiger charge is -2.36. The first kappa shape index (κ1) is 13.5. The van der Waals surface area contributed by atoms with Crippen molar-refractivity contribution < 1.29 is 8.42 Å². The van der Waals surface area contributed by atoms with Crippen LogP contribution in [0, 0.1) is 19.3 Å². The first-order chi connectivity index (χ1) is 8.24. The summed E-state index contributed by atoms with van der Waals surface area (Å²) in [6.45, 7) is 9.04. The summed E-state index contributed by atoms with van der Waals surface area (Å²) in [6.07, 6.45) is 1.81. The van der Waals surface area contributed by atoms with E-state index in [4.69, 9.17) is 0 Å². The summed E-state index contributed by atoms with van der Waals surface area (Å²) in [4.78, 5) is 0.349. The Kier molecular flexibility index (Phi) is 3.27. The normalized spacial score (nSPS) is 21.1. The second kappa shape index (κ2) is 4.35. The van der Waals surface area contributed by atoms with Crippen molar-refractivity contribution in [1.82, 2.24) is 14.5 Å². The van der Waals surface area contributed by atoms with Gasteiger partial charge >= 0.3 is 0 Å². The molecule has 0 amide bonds. The molecule has 0 atom stereocenters. The maximum absolute atomic E-state index is 12.6. The third-order valence-electron chi connectivity index (χ3n) is 3.73. The maximum atomic E-state index is 12.6. The molecule has 2 rings (SSSR count). The summed E-state index contributed by atoms with van der Waals surface area (Å²) in [7, 11) is -3.39. The number of hydrogen-bond donors (Lipinski definition) is 1. The highest BCUT2D eigenvalue weighted by atomic mass is 32.2. The number of rotatable bonds is 2. The van der Waals surface area contributed by atoms with Crippen LogP contribution in [0.5, 0.6) is 0 Å². The summed E-state index contributed by atoms with van der Waals surface area (Å²) < 4.78 is 26.7. The molecule has 0 aliphatic carbocycles. The number of sulfonamides is 1. The maximum Gasteiger partial charge on any atom is 0.246 e. The Labute approximate surface area is 109 Å². The molecule has 1 saturated heterocycles. The van der Waals surface area contributed by atoms with Crippen molar-refractivity contribution in [1.29, 1.82) is 0 Å². The predicted molar refractivity (Wildman–Crippen MR) is 69.8 cm³/mol. The van der Waals surface area contributed by atoms with Crippen LogP contribution in [-0.4, -0.2) is 36.0 Å². The molecule has 1 aliphatic rings. The van der Waals surface area contributed by atoms with Crippen LogP contribution in [0.25, 0.3) is 0 Å². The van der Waals surface area contributed by atoms with Crippen LogP contribution in [0.4, 0.5) is 0 Å². The Morgan fingerprint density at radius 1 is 1.22 bits per heavy atom. The molecule has 1 aromatic rings. The number of hydrogen-bond acceptors (Lipinski definition) is 3. The lowest BCUT2D eigenvalue weighted by atomic mass is 9.83. The van der Waals surface area contributed by atoms with Crippen LogP contribution in [0.15, 0.2) is 4.90 Å². The van der Waals surface area contributed by atoms with Crippen molar-refractivity contribution in [2.45, 2.75) is 45.4 Å². The zero-order valence-corrected chi connectivity index (χ0v) is 12.3. The Morgan fingerprint density at radius 3 is 2.22 bits per heavy atom. The highest BCUT2D eigenvalue weighted by Crippen LogP contribution is 2.33. The van der Waals surface area contributed by atoms with E-state index in [9.17, 15) is 8.42 Å². The molecule has 18 heavy (non-hydrogen) atoms. The average Bonchev–Trinajstić information content (AvgIpc) is 2.58. The Hall–Kier alpha value is -0.880. The smallest absolute Gasteiger partial charge is 0.246 e. The number of nitrogens with one attached hydrogen (secondary N) is 1. The minimum atomic E-state index is -3.39. The molecule has 0 saturated carbocycles. The zero-order valence-electron chi connectivity index (χ0n) is 11.4. The van der Waals surface area contributed by atoms with E-state index in [2.05, 4.69) is 24.0 Å². The summed E-state index contributed by atoms with van der Waals surface area (Å²) in [5.74, 6) is 0. The molecule has 0 spiro atoms. The molecule has 102 valence electrons. The van der Waals surface area contributed by atoms with Crippen LogP contribution in [0.1, 0.15) is 38.1 Å². The van der Waals surface area contributed by atoms with E-state index in [1.807, 2.05) is 0 Å². The van der Waals surface area contributed by atoms with Gasteiger partial charge in [-0.15, -0.1) is 0 Å². The highest BCUT2D eigenvalue weighted by molar-refractivity contribution is 7.89. The van der Waals surface area contributed by atoms with Crippen LogP contribution in [0.3, 0.4) is 0 Å². The number of aromatic nitrogens is 2. The quantitative estimate of drug-likeness (QED) is 0.892. The van der Waals surface area contributed by atoms with Gasteiger partial charge in [-0.05, 0) is 32.1 Å². The molecule has 1 aromatic heterocycles. The van der Waals surface area contributed by atoms with Gasteiger partial charge in [0, 0.05) is 13.1 Å². The average molecular weight is 271 g/mol. The standard InChI is InChI=1S/C12H21N3O2S/c1-9-11(10(2)14-13-9)18(16,17)15-7-5-12(3,4)6-8-15/h5-8H2,1-4H3,(H,13,14). The molecule has 5 nitrogen and oxygen atoms in total. The first-order valence-electron chi connectivity index (χ1n) is 6.26. The summed E-state index contributed by atoms with van der Waals surface area (Å²) >= 11 is 0. The summed E-state index contributed by atoms with van der Waals surface area (Å²) in [5, 5.41) is 6.72. The van der Waals surface area contributed by atoms with Crippen molar-refractivity contribution >= 4 is 10.0 Å². The van der Waals surface area contributed by atoms with E-state index in [0.717, 1.165) is 12.8 Å². The Balaban J connectivity index is 2.29. The minimum absolute atomic E-state index is 0.243. The second-order valence-electron chi connectivity index (χ2n) is 5.83. The number of aryl methyl sites for hydroxylation is 2. The van der Waals surface area contributed by atoms with Crippen molar-refractivity contribution in [2.24, 2.45) is 5.41 Å². The van der Waals surface area contributed by atoms with Crippen molar-refractivity contribution in [3.8, 4) is 0 Å². The van der Waals surface area contributed by atoms with Gasteiger partial charge < -0.3 is 0 Å². The fraction of sp³-hybridized carbons (Fsp3) is 0.750. The molecule has 0 bridgehead atoms. The van der Waals surface area contributed by atoms with Gasteiger partial charge in [-0.3, -0.25) is 5.10 Å². The van der Waals surface area contributed by atoms with Crippen LogP contribution < -0.4 is 0 Å². The van der Waals surface area contributed by atoms with Crippen molar-refractivity contribution in [2.75, 3.05) is 13.1 Å². The summed E-state index contributed by atoms with van der Waals surface area (Å²) in [6, 6.07) is 0. The molecular weight excluding hydrogens is 250 g/mol. The molecule has 1 fully saturated rings. The molecule has 6 heteroatoms. The van der Waals surface area contributed by atoms with Crippen molar-refractivity contribution in [3.05, 3.63) is 11.4 Å². The van der Waals surface area contributed by atoms with Gasteiger partial charge in [0.25, 0.3) is 0 Å². The van der Waals surface area contributed by atoms with Crippen molar-refractivity contribution in [3.63, 3.8) is 0 Å². The van der Waals surface area contributed by atoms with Gasteiger partial charge in [-0.1, -0.05) is 13.8 Å². The van der Waals surface area contributed by atoms with Gasteiger partial charge in [0.2, 0.25) is 10.0 Å². The lowest BCUT2D eigenvalue weighted by molar-refractivity contribution is 0.196. The van der Waals surface area contributed by atoms with Gasteiger partial charge in [-0.25, -0.2) is 8.42 Å².